The Morgan fingerprint density at radius 2 is 1.76 bits per heavy atom. The minimum atomic E-state index is 0.273. The number of nitrogens with two attached hydrogens (primary N) is 1. The summed E-state index contributed by atoms with van der Waals surface area (Å²) in [6.07, 6.45) is 0. The number of hydrogen-bond acceptors (Lipinski definition) is 3. The molecule has 3 N–H and O–H groups in total. The number of piperazine rings is 1. The fourth-order valence-electron chi connectivity index (χ4n) is 2.11. The Hall–Kier alpha value is -0.810. The fourth-order valence-corrected chi connectivity index (χ4v) is 2.11. The Labute approximate surface area is 105 Å². The number of hydrogen-bond donors (Lipinski definition) is 2. The van der Waals surface area contributed by atoms with Crippen LogP contribution in [0.3, 0.4) is 0 Å². The largest absolute Gasteiger partial charge is 0.339 e. The van der Waals surface area contributed by atoms with Crippen LogP contribution in [0.2, 0.25) is 0 Å². The number of nitrogens with one attached hydrogen (secondary N) is 1. The van der Waals surface area contributed by atoms with Crippen molar-refractivity contribution in [3.8, 4) is 0 Å². The van der Waals surface area contributed by atoms with Gasteiger partial charge in [-0.1, -0.05) is 13.8 Å². The van der Waals surface area contributed by atoms with Gasteiger partial charge < -0.3 is 4.90 Å². The molecular formula is C12H27N5. The first-order valence-electron chi connectivity index (χ1n) is 6.54. The van der Waals surface area contributed by atoms with E-state index in [0.717, 1.165) is 38.1 Å². The van der Waals surface area contributed by atoms with Crippen molar-refractivity contribution in [2.24, 2.45) is 16.8 Å². The molecule has 100 valence electrons. The van der Waals surface area contributed by atoms with Gasteiger partial charge in [0.2, 0.25) is 5.96 Å². The van der Waals surface area contributed by atoms with Gasteiger partial charge in [0.25, 0.3) is 0 Å². The smallest absolute Gasteiger partial charge is 0.208 e. The first-order valence-corrected chi connectivity index (χ1v) is 6.54. The third kappa shape index (κ3) is 4.91. The maximum absolute atomic E-state index is 5.53. The van der Waals surface area contributed by atoms with Crippen LogP contribution in [0.15, 0.2) is 4.99 Å². The van der Waals surface area contributed by atoms with E-state index in [1.165, 1.54) is 6.54 Å². The fraction of sp³-hybridized carbons (Fsp3) is 0.917. The van der Waals surface area contributed by atoms with Gasteiger partial charge in [-0.15, -0.1) is 0 Å². The minimum Gasteiger partial charge on any atom is -0.339 e. The van der Waals surface area contributed by atoms with E-state index < -0.39 is 0 Å². The number of rotatable bonds is 3. The Kier molecular flexibility index (Phi) is 5.71. The van der Waals surface area contributed by atoms with Crippen molar-refractivity contribution in [1.82, 2.24) is 15.2 Å². The van der Waals surface area contributed by atoms with E-state index in [1.807, 2.05) is 0 Å². The molecule has 1 aliphatic rings. The molecule has 17 heavy (non-hydrogen) atoms. The lowest BCUT2D eigenvalue weighted by Gasteiger charge is -2.36. The van der Waals surface area contributed by atoms with E-state index >= 15 is 0 Å². The van der Waals surface area contributed by atoms with Gasteiger partial charge in [0.05, 0.1) is 0 Å². The molecule has 1 aliphatic heterocycles. The van der Waals surface area contributed by atoms with Crippen LogP contribution in [-0.4, -0.2) is 54.5 Å². The SMILES string of the molecule is CC(C)CN1CCN(C(=NC(C)C)NN)CC1. The average Bonchev–Trinajstić information content (AvgIpc) is 2.26. The summed E-state index contributed by atoms with van der Waals surface area (Å²) in [7, 11) is 0. The van der Waals surface area contributed by atoms with Gasteiger partial charge in [-0.2, -0.15) is 0 Å². The monoisotopic (exact) mass is 241 g/mol. The predicted molar refractivity (Wildman–Crippen MR) is 72.7 cm³/mol. The van der Waals surface area contributed by atoms with E-state index in [-0.39, 0.29) is 6.04 Å². The zero-order valence-electron chi connectivity index (χ0n) is 11.6. The standard InChI is InChI=1S/C12H27N5/c1-10(2)9-16-5-7-17(8-6-16)12(15-13)14-11(3)4/h10-11H,5-9,13H2,1-4H3,(H,14,15). The Bertz CT molecular complexity index is 241. The molecule has 0 unspecified atom stereocenters. The molecule has 0 spiro atoms. The second kappa shape index (κ2) is 6.81. The molecule has 0 bridgehead atoms. The third-order valence-electron chi connectivity index (χ3n) is 2.80. The highest BCUT2D eigenvalue weighted by atomic mass is 15.4. The van der Waals surface area contributed by atoms with Gasteiger partial charge in [0.15, 0.2) is 0 Å². The maximum Gasteiger partial charge on any atom is 0.208 e. The van der Waals surface area contributed by atoms with E-state index in [1.54, 1.807) is 0 Å². The highest BCUT2D eigenvalue weighted by Gasteiger charge is 2.19. The average molecular weight is 241 g/mol. The highest BCUT2D eigenvalue weighted by molar-refractivity contribution is 5.79. The number of aliphatic imine (C=N–C) groups is 1. The Morgan fingerprint density at radius 3 is 2.18 bits per heavy atom. The predicted octanol–water partition coefficient (Wildman–Crippen LogP) is 0.488. The van der Waals surface area contributed by atoms with Gasteiger partial charge >= 0.3 is 0 Å². The summed E-state index contributed by atoms with van der Waals surface area (Å²) in [6, 6.07) is 0.273. The van der Waals surface area contributed by atoms with Crippen molar-refractivity contribution in [3.05, 3.63) is 0 Å². The minimum absolute atomic E-state index is 0.273. The van der Waals surface area contributed by atoms with E-state index in [4.69, 9.17) is 5.84 Å². The van der Waals surface area contributed by atoms with E-state index in [2.05, 4.69) is 47.9 Å². The molecule has 0 radical (unpaired) electrons. The molecule has 5 nitrogen and oxygen atoms in total. The third-order valence-corrected chi connectivity index (χ3v) is 2.80. The lowest BCUT2D eigenvalue weighted by Crippen LogP contribution is -2.54. The van der Waals surface area contributed by atoms with E-state index in [0.29, 0.717) is 0 Å². The first-order chi connectivity index (χ1) is 8.02. The van der Waals surface area contributed by atoms with Crippen LogP contribution in [0.5, 0.6) is 0 Å². The van der Waals surface area contributed by atoms with Crippen molar-refractivity contribution >= 4 is 5.96 Å². The second-order valence-electron chi connectivity index (χ2n) is 5.37. The van der Waals surface area contributed by atoms with Crippen molar-refractivity contribution in [3.63, 3.8) is 0 Å². The van der Waals surface area contributed by atoms with Crippen LogP contribution >= 0.6 is 0 Å². The first kappa shape index (κ1) is 14.3. The van der Waals surface area contributed by atoms with Crippen LogP contribution in [0.4, 0.5) is 0 Å². The Balaban J connectivity index is 2.45. The summed E-state index contributed by atoms with van der Waals surface area (Å²) in [4.78, 5) is 9.23. The molecule has 0 saturated carbocycles. The number of guanidine groups is 1. The summed E-state index contributed by atoms with van der Waals surface area (Å²) in [5.74, 6) is 7.09. The molecule has 0 aromatic rings. The molecule has 1 heterocycles. The molecule has 0 aromatic heterocycles. The summed E-state index contributed by atoms with van der Waals surface area (Å²) in [5, 5.41) is 0. The maximum atomic E-state index is 5.53. The molecule has 0 aliphatic carbocycles. The van der Waals surface area contributed by atoms with E-state index in [9.17, 15) is 0 Å². The molecule has 0 aromatic carbocycles. The van der Waals surface area contributed by atoms with Crippen molar-refractivity contribution in [2.45, 2.75) is 33.7 Å². The zero-order chi connectivity index (χ0) is 12.8. The second-order valence-corrected chi connectivity index (χ2v) is 5.37. The summed E-state index contributed by atoms with van der Waals surface area (Å²) < 4.78 is 0. The molecule has 1 rings (SSSR count). The van der Waals surface area contributed by atoms with Gasteiger partial charge in [-0.25, -0.2) is 10.8 Å². The van der Waals surface area contributed by atoms with Crippen LogP contribution in [0, 0.1) is 5.92 Å². The summed E-state index contributed by atoms with van der Waals surface area (Å²) in [5.41, 5.74) is 2.72. The quantitative estimate of drug-likeness (QED) is 0.327. The molecule has 1 saturated heterocycles. The highest BCUT2D eigenvalue weighted by Crippen LogP contribution is 2.05. The number of hydrazine groups is 1. The summed E-state index contributed by atoms with van der Waals surface area (Å²) in [6.45, 7) is 14.0. The zero-order valence-corrected chi connectivity index (χ0v) is 11.6. The Morgan fingerprint density at radius 1 is 1.18 bits per heavy atom. The van der Waals surface area contributed by atoms with Crippen LogP contribution in [-0.2, 0) is 0 Å². The molecular weight excluding hydrogens is 214 g/mol. The number of nitrogens with zero attached hydrogens (tertiary/aromatic N) is 3. The van der Waals surface area contributed by atoms with Crippen molar-refractivity contribution in [1.29, 1.82) is 0 Å². The molecule has 0 amide bonds. The lowest BCUT2D eigenvalue weighted by molar-refractivity contribution is 0.163. The van der Waals surface area contributed by atoms with Crippen molar-refractivity contribution < 1.29 is 0 Å². The van der Waals surface area contributed by atoms with Gasteiger partial charge in [0, 0.05) is 38.8 Å². The van der Waals surface area contributed by atoms with Crippen LogP contribution in [0.25, 0.3) is 0 Å². The normalized spacial score (nSPS) is 19.2. The lowest BCUT2D eigenvalue weighted by atomic mass is 10.2. The topological polar surface area (TPSA) is 56.9 Å². The van der Waals surface area contributed by atoms with Crippen LogP contribution in [0.1, 0.15) is 27.7 Å². The van der Waals surface area contributed by atoms with Gasteiger partial charge in [-0.3, -0.25) is 10.3 Å². The van der Waals surface area contributed by atoms with Crippen molar-refractivity contribution in [2.75, 3.05) is 32.7 Å². The summed E-state index contributed by atoms with van der Waals surface area (Å²) >= 11 is 0. The molecule has 0 atom stereocenters. The van der Waals surface area contributed by atoms with Gasteiger partial charge in [0.1, 0.15) is 0 Å². The van der Waals surface area contributed by atoms with Crippen LogP contribution < -0.4 is 11.3 Å². The molecule has 1 fully saturated rings. The van der Waals surface area contributed by atoms with Gasteiger partial charge in [-0.05, 0) is 19.8 Å². The molecule has 5 heteroatoms.